The summed E-state index contributed by atoms with van der Waals surface area (Å²) in [6.45, 7) is 0.724. The Balaban J connectivity index is 1.40. The van der Waals surface area contributed by atoms with Crippen molar-refractivity contribution in [2.24, 2.45) is 5.92 Å². The van der Waals surface area contributed by atoms with Crippen LogP contribution in [0.25, 0.3) is 0 Å². The molecule has 1 N–H and O–H groups in total. The molecule has 0 aromatic heterocycles. The van der Waals surface area contributed by atoms with Gasteiger partial charge < -0.3 is 19.5 Å². The predicted octanol–water partition coefficient (Wildman–Crippen LogP) is 3.14. The zero-order valence-corrected chi connectivity index (χ0v) is 20.0. The predicted molar refractivity (Wildman–Crippen MR) is 129 cm³/mol. The van der Waals surface area contributed by atoms with E-state index in [-0.39, 0.29) is 43.1 Å². The Hall–Kier alpha value is -3.56. The van der Waals surface area contributed by atoms with Gasteiger partial charge in [-0.15, -0.1) is 0 Å². The van der Waals surface area contributed by atoms with Crippen LogP contribution in [0.3, 0.4) is 0 Å². The summed E-state index contributed by atoms with van der Waals surface area (Å²) in [5, 5.41) is 2.98. The third-order valence-electron chi connectivity index (χ3n) is 6.45. The number of nitrogens with one attached hydrogen (secondary N) is 1. The summed E-state index contributed by atoms with van der Waals surface area (Å²) in [6.07, 6.45) is 0. The van der Waals surface area contributed by atoms with Gasteiger partial charge in [0.05, 0.1) is 17.9 Å². The highest BCUT2D eigenvalue weighted by molar-refractivity contribution is 7.89. The van der Waals surface area contributed by atoms with Gasteiger partial charge in [0.25, 0.3) is 0 Å². The molecule has 0 unspecified atom stereocenters. The largest absolute Gasteiger partial charge is 0.496 e. The van der Waals surface area contributed by atoms with Crippen molar-refractivity contribution < 1.29 is 27.4 Å². The Kier molecular flexibility index (Phi) is 6.36. The van der Waals surface area contributed by atoms with E-state index < -0.39 is 15.9 Å². The Morgan fingerprint density at radius 3 is 2.54 bits per heavy atom. The van der Waals surface area contributed by atoms with Crippen LogP contribution in [0.15, 0.2) is 77.7 Å². The van der Waals surface area contributed by atoms with Gasteiger partial charge in [-0.05, 0) is 41.5 Å². The zero-order valence-electron chi connectivity index (χ0n) is 19.2. The summed E-state index contributed by atoms with van der Waals surface area (Å²) in [5.41, 5.74) is 1.67. The molecule has 3 aromatic carbocycles. The average Bonchev–Trinajstić information content (AvgIpc) is 3.55. The molecule has 182 valence electrons. The van der Waals surface area contributed by atoms with E-state index in [1.165, 1.54) is 4.31 Å². The average molecular weight is 495 g/mol. The molecule has 1 saturated heterocycles. The molecule has 9 heteroatoms. The fraction of sp³-hybridized carbons (Fsp3) is 0.269. The van der Waals surface area contributed by atoms with Crippen molar-refractivity contribution in [3.8, 4) is 17.2 Å². The van der Waals surface area contributed by atoms with Crippen molar-refractivity contribution in [2.45, 2.75) is 17.4 Å². The quantitative estimate of drug-likeness (QED) is 0.542. The molecule has 2 heterocycles. The van der Waals surface area contributed by atoms with Crippen molar-refractivity contribution in [1.82, 2.24) is 9.62 Å². The molecule has 2 atom stereocenters. The van der Waals surface area contributed by atoms with Gasteiger partial charge in [0.1, 0.15) is 5.75 Å². The van der Waals surface area contributed by atoms with Gasteiger partial charge in [-0.1, -0.05) is 42.5 Å². The molecule has 2 aliphatic heterocycles. The number of sulfonamides is 1. The number of nitrogens with zero attached hydrogens (tertiary/aromatic N) is 1. The molecule has 0 saturated carbocycles. The number of hydrogen-bond donors (Lipinski definition) is 1. The summed E-state index contributed by atoms with van der Waals surface area (Å²) in [7, 11) is -2.19. The van der Waals surface area contributed by atoms with E-state index in [1.807, 2.05) is 42.5 Å². The molecule has 0 bridgehead atoms. The summed E-state index contributed by atoms with van der Waals surface area (Å²) in [6, 6.07) is 21.2. The highest BCUT2D eigenvalue weighted by Gasteiger charge is 2.44. The summed E-state index contributed by atoms with van der Waals surface area (Å²) in [4.78, 5) is 13.6. The highest BCUT2D eigenvalue weighted by atomic mass is 32.2. The molecule has 3 aromatic rings. The van der Waals surface area contributed by atoms with Gasteiger partial charge in [0.2, 0.25) is 22.7 Å². The maximum Gasteiger partial charge on any atom is 0.243 e. The molecule has 1 amide bonds. The molecule has 35 heavy (non-hydrogen) atoms. The van der Waals surface area contributed by atoms with E-state index in [1.54, 1.807) is 37.4 Å². The molecule has 2 aliphatic rings. The minimum absolute atomic E-state index is 0.0763. The number of ether oxygens (including phenoxy) is 3. The van der Waals surface area contributed by atoms with Gasteiger partial charge in [0, 0.05) is 25.6 Å². The molecule has 5 rings (SSSR count). The molecule has 8 nitrogen and oxygen atoms in total. The van der Waals surface area contributed by atoms with Crippen LogP contribution in [0.5, 0.6) is 17.2 Å². The number of rotatable bonds is 7. The third-order valence-corrected chi connectivity index (χ3v) is 8.29. The molecule has 0 radical (unpaired) electrons. The number of fused-ring (bicyclic) bond motifs is 1. The number of carbonyl (C=O) groups excluding carboxylic acids is 1. The van der Waals surface area contributed by atoms with Crippen molar-refractivity contribution in [3.05, 3.63) is 83.9 Å². The van der Waals surface area contributed by atoms with Gasteiger partial charge in [0.15, 0.2) is 11.5 Å². The van der Waals surface area contributed by atoms with E-state index in [9.17, 15) is 13.2 Å². The number of amides is 1. The fourth-order valence-electron chi connectivity index (χ4n) is 4.63. The number of hydrogen-bond acceptors (Lipinski definition) is 6. The van der Waals surface area contributed by atoms with Crippen molar-refractivity contribution in [2.75, 3.05) is 27.0 Å². The molecule has 1 fully saturated rings. The first kappa shape index (κ1) is 23.2. The van der Waals surface area contributed by atoms with E-state index in [4.69, 9.17) is 14.2 Å². The first-order chi connectivity index (χ1) is 17.0. The molecular formula is C26H26N2O6S. The lowest BCUT2D eigenvalue weighted by Crippen LogP contribution is -2.35. The van der Waals surface area contributed by atoms with Gasteiger partial charge in [-0.25, -0.2) is 8.42 Å². The lowest BCUT2D eigenvalue weighted by atomic mass is 9.87. The second-order valence-electron chi connectivity index (χ2n) is 8.50. The van der Waals surface area contributed by atoms with E-state index in [0.29, 0.717) is 17.2 Å². The van der Waals surface area contributed by atoms with Crippen LogP contribution >= 0.6 is 0 Å². The van der Waals surface area contributed by atoms with Crippen molar-refractivity contribution in [1.29, 1.82) is 0 Å². The fourth-order valence-corrected chi connectivity index (χ4v) is 6.14. The number of methoxy groups -OCH3 is 1. The number of para-hydroxylation sites is 1. The van der Waals surface area contributed by atoms with Crippen LogP contribution < -0.4 is 19.5 Å². The Morgan fingerprint density at radius 1 is 1.00 bits per heavy atom. The van der Waals surface area contributed by atoms with Crippen LogP contribution in [0, 0.1) is 5.92 Å². The summed E-state index contributed by atoms with van der Waals surface area (Å²) in [5.74, 6) is 0.785. The second kappa shape index (κ2) is 9.59. The smallest absolute Gasteiger partial charge is 0.243 e. The van der Waals surface area contributed by atoms with Crippen molar-refractivity contribution in [3.63, 3.8) is 0 Å². The Morgan fingerprint density at radius 2 is 1.74 bits per heavy atom. The highest BCUT2D eigenvalue weighted by Crippen LogP contribution is 2.40. The van der Waals surface area contributed by atoms with Crippen LogP contribution in [-0.2, 0) is 21.4 Å². The monoisotopic (exact) mass is 494 g/mol. The Bertz CT molecular complexity index is 1330. The van der Waals surface area contributed by atoms with Crippen LogP contribution in [0.1, 0.15) is 17.0 Å². The molecule has 0 spiro atoms. The normalized spacial score (nSPS) is 19.5. The minimum Gasteiger partial charge on any atom is -0.496 e. The van der Waals surface area contributed by atoms with Gasteiger partial charge >= 0.3 is 0 Å². The molecule has 0 aliphatic carbocycles. The number of benzene rings is 3. The zero-order chi connectivity index (χ0) is 24.4. The van der Waals surface area contributed by atoms with Crippen molar-refractivity contribution >= 4 is 15.9 Å². The first-order valence-corrected chi connectivity index (χ1v) is 12.8. The topological polar surface area (TPSA) is 94.2 Å². The van der Waals surface area contributed by atoms with E-state index in [2.05, 4.69) is 5.32 Å². The number of carbonyl (C=O) groups is 1. The minimum atomic E-state index is -3.76. The van der Waals surface area contributed by atoms with Gasteiger partial charge in [-0.2, -0.15) is 4.31 Å². The SMILES string of the molecule is COc1ccccc1[C@H]1CN(S(=O)(=O)c2ccccc2)C[C@@H]1C(=O)NCc1ccc2c(c1)OCO2. The van der Waals surface area contributed by atoms with Gasteiger partial charge in [-0.3, -0.25) is 4.79 Å². The lowest BCUT2D eigenvalue weighted by Gasteiger charge is -2.20. The van der Waals surface area contributed by atoms with E-state index >= 15 is 0 Å². The summed E-state index contributed by atoms with van der Waals surface area (Å²) >= 11 is 0. The standard InChI is InChI=1S/C26H26N2O6S/c1-32-23-10-6-5-9-20(23)21-15-28(35(30,31)19-7-3-2-4-8-19)16-22(21)26(29)27-14-18-11-12-24-25(13-18)34-17-33-24/h2-13,21-22H,14-17H2,1H3,(H,27,29)/t21-,22+/m1/s1. The Labute approximate surface area is 204 Å². The van der Waals surface area contributed by atoms with Crippen LogP contribution in [-0.4, -0.2) is 45.6 Å². The maximum absolute atomic E-state index is 13.4. The van der Waals surface area contributed by atoms with Crippen LogP contribution in [0.4, 0.5) is 0 Å². The van der Waals surface area contributed by atoms with Crippen LogP contribution in [0.2, 0.25) is 0 Å². The maximum atomic E-state index is 13.4. The summed E-state index contributed by atoms with van der Waals surface area (Å²) < 4.78 is 44.4. The third kappa shape index (κ3) is 4.56. The molecular weight excluding hydrogens is 468 g/mol. The lowest BCUT2D eigenvalue weighted by molar-refractivity contribution is -0.125. The van der Waals surface area contributed by atoms with E-state index in [0.717, 1.165) is 11.1 Å². The second-order valence-corrected chi connectivity index (χ2v) is 10.4. The first-order valence-electron chi connectivity index (χ1n) is 11.3.